The molecule has 92 valence electrons. The molecule has 0 amide bonds. The van der Waals surface area contributed by atoms with E-state index in [9.17, 15) is 14.7 Å². The fourth-order valence-corrected chi connectivity index (χ4v) is 1.43. The summed E-state index contributed by atoms with van der Waals surface area (Å²) in [6.07, 6.45) is 1.27. The topological polar surface area (TPSA) is 66.4 Å². The molecule has 0 aromatic heterocycles. The zero-order valence-corrected chi connectivity index (χ0v) is 17.2. The van der Waals surface area contributed by atoms with E-state index >= 15 is 0 Å². The first kappa shape index (κ1) is 18.2. The summed E-state index contributed by atoms with van der Waals surface area (Å²) in [6.45, 7) is 3.35. The second-order valence-corrected chi connectivity index (χ2v) is 4.42. The van der Waals surface area contributed by atoms with Gasteiger partial charge in [-0.1, -0.05) is 30.3 Å². The molecule has 0 unspecified atom stereocenters. The number of carboxylic acid groups (broad SMARTS) is 1. The van der Waals surface area contributed by atoms with E-state index < -0.39 is 17.5 Å². The van der Waals surface area contributed by atoms with Crippen molar-refractivity contribution in [2.24, 2.45) is 0 Å². The summed E-state index contributed by atoms with van der Waals surface area (Å²) in [5.41, 5.74) is 0.303. The first-order valence-corrected chi connectivity index (χ1v) is 5.39. The van der Waals surface area contributed by atoms with Gasteiger partial charge in [0.25, 0.3) is 0 Å². The van der Waals surface area contributed by atoms with Gasteiger partial charge < -0.3 is 14.6 Å². The normalized spacial score (nSPS) is 10.3. The number of carbonyl (C=O) groups excluding carboxylic acids is 2. The number of aryl methyl sites for hydroxylation is 1. The van der Waals surface area contributed by atoms with E-state index in [0.717, 1.165) is 5.56 Å². The monoisotopic (exact) mass is 368 g/mol. The summed E-state index contributed by atoms with van der Waals surface area (Å²) in [6, 6.07) is 9.71. The molecule has 0 saturated carbocycles. The number of hydrogen-bond donors (Lipinski definition) is 0. The van der Waals surface area contributed by atoms with Crippen LogP contribution in [0.15, 0.2) is 30.3 Å². The van der Waals surface area contributed by atoms with Crippen LogP contribution in [0.1, 0.15) is 25.8 Å². The van der Waals surface area contributed by atoms with Crippen molar-refractivity contribution in [1.82, 2.24) is 0 Å². The number of carboxylic acids is 1. The zero-order valence-electron chi connectivity index (χ0n) is 10.9. The molecular weight excluding hydrogens is 353 g/mol. The molecule has 4 nitrogen and oxygen atoms in total. The maximum Gasteiger partial charge on any atom is 1.00 e. The molecule has 18 heavy (non-hydrogen) atoms. The van der Waals surface area contributed by atoms with Gasteiger partial charge in [-0.3, -0.25) is 0 Å². The quantitative estimate of drug-likeness (QED) is 0.443. The van der Waals surface area contributed by atoms with Crippen molar-refractivity contribution in [3.63, 3.8) is 0 Å². The predicted octanol–water partition coefficient (Wildman–Crippen LogP) is -2.31. The fourth-order valence-electron chi connectivity index (χ4n) is 1.43. The second kappa shape index (κ2) is 8.40. The van der Waals surface area contributed by atoms with Crippen LogP contribution in [0.2, 0.25) is 0 Å². The fraction of sp³-hybridized carbons (Fsp3) is 0.385. The van der Waals surface area contributed by atoms with Crippen molar-refractivity contribution in [2.75, 3.05) is 0 Å². The Kier molecular flexibility index (Phi) is 8.49. The number of benzene rings is 1. The summed E-state index contributed by atoms with van der Waals surface area (Å²) in [7, 11) is 0. The van der Waals surface area contributed by atoms with E-state index in [0.29, 0.717) is 12.8 Å². The van der Waals surface area contributed by atoms with E-state index in [1.165, 1.54) is 0 Å². The summed E-state index contributed by atoms with van der Waals surface area (Å²) < 4.78 is 4.82. The molecule has 0 fully saturated rings. The Bertz CT molecular complexity index is 401. The maximum atomic E-state index is 10.9. The van der Waals surface area contributed by atoms with Crippen molar-refractivity contribution in [2.45, 2.75) is 32.3 Å². The molecule has 0 N–H and O–H groups in total. The molecule has 5 heteroatoms. The third kappa shape index (κ3) is 6.96. The van der Waals surface area contributed by atoms with Crippen LogP contribution < -0.4 is 74.0 Å². The Hall–Kier alpha value is 0.212. The van der Waals surface area contributed by atoms with Gasteiger partial charge in [0.15, 0.2) is 5.97 Å². The minimum absolute atomic E-state index is 0. The van der Waals surface area contributed by atoms with Crippen molar-refractivity contribution in [3.05, 3.63) is 35.9 Å². The Morgan fingerprint density at radius 2 is 1.78 bits per heavy atom. The van der Waals surface area contributed by atoms with Crippen LogP contribution in [-0.4, -0.2) is 17.5 Å². The van der Waals surface area contributed by atoms with Gasteiger partial charge in [0.05, 0.1) is 0 Å². The van der Waals surface area contributed by atoms with Crippen molar-refractivity contribution in [1.29, 1.82) is 0 Å². The summed E-state index contributed by atoms with van der Waals surface area (Å²) >= 11 is 0. The number of rotatable bonds is 4. The van der Waals surface area contributed by atoms with Gasteiger partial charge in [0.1, 0.15) is 5.60 Å². The van der Waals surface area contributed by atoms with Gasteiger partial charge in [0, 0.05) is 0 Å². The van der Waals surface area contributed by atoms with Crippen LogP contribution in [0, 0.1) is 0 Å². The number of carbonyl (C=O) groups is 2. The largest absolute Gasteiger partial charge is 1.00 e. The zero-order chi connectivity index (χ0) is 12.9. The van der Waals surface area contributed by atoms with Gasteiger partial charge in [-0.2, -0.15) is 0 Å². The molecule has 0 aliphatic carbocycles. The molecule has 0 atom stereocenters. The van der Waals surface area contributed by atoms with Crippen LogP contribution in [0.4, 0.5) is 0 Å². The van der Waals surface area contributed by atoms with Crippen LogP contribution in [0.5, 0.6) is 0 Å². The molecule has 1 aromatic carbocycles. The van der Waals surface area contributed by atoms with Gasteiger partial charge >= 0.3 is 74.9 Å². The standard InChI is InChI=1S/C13H16O4.Cs/c1-13(2,17-12(16)11(14)15)9-8-10-6-4-3-5-7-10;/h3-7H,8-9H2,1-2H3,(H,14,15);/q;+1/p-1. The molecule has 0 spiro atoms. The van der Waals surface area contributed by atoms with E-state index in [1.807, 2.05) is 30.3 Å². The Labute approximate surface area is 166 Å². The first-order valence-electron chi connectivity index (χ1n) is 5.39. The van der Waals surface area contributed by atoms with Crippen LogP contribution in [0.3, 0.4) is 0 Å². The molecular formula is C13H15CsO4. The molecule has 1 aromatic rings. The number of ether oxygens (including phenoxy) is 1. The third-order valence-corrected chi connectivity index (χ3v) is 2.39. The number of hydrogen-bond acceptors (Lipinski definition) is 4. The molecule has 0 aliphatic rings. The molecule has 1 rings (SSSR count). The van der Waals surface area contributed by atoms with E-state index in [-0.39, 0.29) is 68.9 Å². The Morgan fingerprint density at radius 3 is 2.28 bits per heavy atom. The summed E-state index contributed by atoms with van der Waals surface area (Å²) in [4.78, 5) is 21.2. The van der Waals surface area contributed by atoms with Crippen molar-refractivity contribution in [3.8, 4) is 0 Å². The minimum Gasteiger partial charge on any atom is -0.539 e. The number of aliphatic carboxylic acids is 1. The summed E-state index contributed by atoms with van der Waals surface area (Å²) in [5, 5.41) is 10.3. The van der Waals surface area contributed by atoms with Crippen molar-refractivity contribution < 1.29 is 88.3 Å². The molecule has 0 aliphatic heterocycles. The van der Waals surface area contributed by atoms with Gasteiger partial charge in [0.2, 0.25) is 0 Å². The second-order valence-electron chi connectivity index (χ2n) is 4.42. The SMILES string of the molecule is CC(C)(CCc1ccccc1)OC(=O)C(=O)[O-].[Cs+]. The third-order valence-electron chi connectivity index (χ3n) is 2.39. The van der Waals surface area contributed by atoms with Crippen LogP contribution in [-0.2, 0) is 20.7 Å². The first-order chi connectivity index (χ1) is 7.91. The Balaban J connectivity index is 0.00000289. The molecule has 0 heterocycles. The van der Waals surface area contributed by atoms with E-state index in [2.05, 4.69) is 0 Å². The maximum absolute atomic E-state index is 10.9. The van der Waals surface area contributed by atoms with Gasteiger partial charge in [-0.05, 0) is 32.3 Å². The van der Waals surface area contributed by atoms with Crippen LogP contribution in [0.25, 0.3) is 0 Å². The van der Waals surface area contributed by atoms with E-state index in [4.69, 9.17) is 4.74 Å². The average molecular weight is 368 g/mol. The average Bonchev–Trinajstić information content (AvgIpc) is 2.27. The predicted molar refractivity (Wildman–Crippen MR) is 59.9 cm³/mol. The smallest absolute Gasteiger partial charge is 0.539 e. The summed E-state index contributed by atoms with van der Waals surface area (Å²) in [5.74, 6) is -3.12. The van der Waals surface area contributed by atoms with Crippen LogP contribution >= 0.6 is 0 Å². The molecule has 0 saturated heterocycles. The Morgan fingerprint density at radius 1 is 1.22 bits per heavy atom. The number of esters is 1. The van der Waals surface area contributed by atoms with Gasteiger partial charge in [-0.25, -0.2) is 4.79 Å². The molecule has 0 bridgehead atoms. The van der Waals surface area contributed by atoms with Gasteiger partial charge in [-0.15, -0.1) is 0 Å². The van der Waals surface area contributed by atoms with E-state index in [1.54, 1.807) is 13.8 Å². The van der Waals surface area contributed by atoms with Crippen molar-refractivity contribution >= 4 is 11.9 Å². The molecule has 0 radical (unpaired) electrons. The minimum atomic E-state index is -1.81.